The van der Waals surface area contributed by atoms with Crippen LogP contribution in [0.2, 0.25) is 0 Å². The third-order valence-corrected chi connectivity index (χ3v) is 4.61. The maximum absolute atomic E-state index is 12.3. The summed E-state index contributed by atoms with van der Waals surface area (Å²) in [6.07, 6.45) is 4.98. The van der Waals surface area contributed by atoms with E-state index in [0.29, 0.717) is 25.9 Å². The Kier molecular flexibility index (Phi) is 5.20. The van der Waals surface area contributed by atoms with Gasteiger partial charge in [0.1, 0.15) is 6.04 Å². The van der Waals surface area contributed by atoms with E-state index in [-0.39, 0.29) is 23.7 Å². The van der Waals surface area contributed by atoms with Crippen molar-refractivity contribution < 1.29 is 19.5 Å². The Labute approximate surface area is 124 Å². The fourth-order valence-electron chi connectivity index (χ4n) is 3.20. The molecule has 21 heavy (non-hydrogen) atoms. The lowest BCUT2D eigenvalue weighted by molar-refractivity contribution is -0.146. The van der Waals surface area contributed by atoms with Crippen LogP contribution in [0.15, 0.2) is 0 Å². The van der Waals surface area contributed by atoms with Crippen molar-refractivity contribution in [1.82, 2.24) is 10.2 Å². The molecule has 2 amide bonds. The molecule has 2 fully saturated rings. The molecule has 1 aliphatic heterocycles. The molecule has 0 aromatic carbocycles. The number of rotatable bonds is 4. The van der Waals surface area contributed by atoms with Crippen molar-refractivity contribution in [2.24, 2.45) is 11.8 Å². The number of carboxylic acid groups (broad SMARTS) is 1. The molecule has 6 nitrogen and oxygen atoms in total. The van der Waals surface area contributed by atoms with Crippen molar-refractivity contribution in [1.29, 1.82) is 0 Å². The molecule has 1 saturated heterocycles. The Bertz CT molecular complexity index is 410. The van der Waals surface area contributed by atoms with Crippen molar-refractivity contribution in [3.8, 4) is 0 Å². The van der Waals surface area contributed by atoms with Crippen LogP contribution in [0.1, 0.15) is 45.4 Å². The first kappa shape index (κ1) is 15.8. The van der Waals surface area contributed by atoms with Crippen LogP contribution in [0.4, 0.5) is 0 Å². The van der Waals surface area contributed by atoms with Gasteiger partial charge in [0.05, 0.1) is 5.92 Å². The number of aliphatic carboxylic acids is 1. The Morgan fingerprint density at radius 1 is 1.05 bits per heavy atom. The molecular weight excluding hydrogens is 272 g/mol. The van der Waals surface area contributed by atoms with Gasteiger partial charge in [-0.1, -0.05) is 12.8 Å². The number of carboxylic acids is 1. The van der Waals surface area contributed by atoms with Crippen molar-refractivity contribution in [2.75, 3.05) is 13.1 Å². The number of nitrogens with one attached hydrogen (secondary N) is 1. The predicted molar refractivity (Wildman–Crippen MR) is 76.5 cm³/mol. The van der Waals surface area contributed by atoms with Gasteiger partial charge in [0, 0.05) is 19.0 Å². The molecular formula is C15H24N2O4. The highest BCUT2D eigenvalue weighted by atomic mass is 16.4. The molecule has 1 aliphatic carbocycles. The van der Waals surface area contributed by atoms with Crippen LogP contribution in [0.3, 0.4) is 0 Å². The summed E-state index contributed by atoms with van der Waals surface area (Å²) in [5, 5.41) is 11.8. The summed E-state index contributed by atoms with van der Waals surface area (Å²) in [6.45, 7) is 2.62. The van der Waals surface area contributed by atoms with E-state index in [2.05, 4.69) is 5.32 Å². The Balaban J connectivity index is 1.79. The minimum absolute atomic E-state index is 0.0197. The second-order valence-corrected chi connectivity index (χ2v) is 6.15. The first-order valence-electron chi connectivity index (χ1n) is 7.81. The van der Waals surface area contributed by atoms with E-state index in [1.807, 2.05) is 0 Å². The molecule has 1 atom stereocenters. The van der Waals surface area contributed by atoms with Crippen molar-refractivity contribution in [3.63, 3.8) is 0 Å². The lowest BCUT2D eigenvalue weighted by Crippen LogP contribution is -2.50. The fourth-order valence-corrected chi connectivity index (χ4v) is 3.20. The van der Waals surface area contributed by atoms with E-state index in [4.69, 9.17) is 5.11 Å². The average molecular weight is 296 g/mol. The summed E-state index contributed by atoms with van der Waals surface area (Å²) < 4.78 is 0. The lowest BCUT2D eigenvalue weighted by atomic mass is 9.96. The third kappa shape index (κ3) is 3.95. The van der Waals surface area contributed by atoms with Crippen LogP contribution in [0, 0.1) is 11.8 Å². The number of carbonyl (C=O) groups excluding carboxylic acids is 2. The third-order valence-electron chi connectivity index (χ3n) is 4.61. The summed E-state index contributed by atoms with van der Waals surface area (Å²) in [5.74, 6) is -1.21. The molecule has 2 N–H and O–H groups in total. The number of likely N-dealkylation sites (tertiary alicyclic amines) is 1. The van der Waals surface area contributed by atoms with Gasteiger partial charge in [-0.2, -0.15) is 0 Å². The molecule has 1 saturated carbocycles. The quantitative estimate of drug-likeness (QED) is 0.810. The lowest BCUT2D eigenvalue weighted by Gasteiger charge is -2.32. The molecule has 6 heteroatoms. The number of carbonyl (C=O) groups is 3. The van der Waals surface area contributed by atoms with Crippen molar-refractivity contribution in [3.05, 3.63) is 0 Å². The topological polar surface area (TPSA) is 86.7 Å². The summed E-state index contributed by atoms with van der Waals surface area (Å²) in [7, 11) is 0. The van der Waals surface area contributed by atoms with Gasteiger partial charge in [-0.15, -0.1) is 0 Å². The van der Waals surface area contributed by atoms with E-state index in [1.54, 1.807) is 11.8 Å². The molecule has 1 heterocycles. The molecule has 0 aromatic heterocycles. The number of amides is 2. The van der Waals surface area contributed by atoms with E-state index >= 15 is 0 Å². The van der Waals surface area contributed by atoms with Crippen LogP contribution in [-0.2, 0) is 14.4 Å². The summed E-state index contributed by atoms with van der Waals surface area (Å²) in [5.41, 5.74) is 0. The zero-order valence-electron chi connectivity index (χ0n) is 12.5. The molecule has 0 spiro atoms. The molecule has 0 radical (unpaired) electrons. The standard InChI is InChI=1S/C15H24N2O4/c1-10(16-13(18)11-4-2-3-5-11)14(19)17-8-6-12(7-9-17)15(20)21/h10-12H,2-9H2,1H3,(H,16,18)(H,20,21). The van der Waals surface area contributed by atoms with Crippen LogP contribution in [-0.4, -0.2) is 46.9 Å². The maximum atomic E-state index is 12.3. The van der Waals surface area contributed by atoms with Crippen LogP contribution < -0.4 is 5.32 Å². The Morgan fingerprint density at radius 3 is 2.14 bits per heavy atom. The molecule has 1 unspecified atom stereocenters. The SMILES string of the molecule is CC(NC(=O)C1CCCC1)C(=O)N1CCC(C(=O)O)CC1. The second-order valence-electron chi connectivity index (χ2n) is 6.15. The number of hydrogen-bond donors (Lipinski definition) is 2. The molecule has 0 bridgehead atoms. The fraction of sp³-hybridized carbons (Fsp3) is 0.800. The molecule has 0 aromatic rings. The van der Waals surface area contributed by atoms with Gasteiger partial charge < -0.3 is 15.3 Å². The van der Waals surface area contributed by atoms with Gasteiger partial charge in [0.2, 0.25) is 11.8 Å². The minimum Gasteiger partial charge on any atom is -0.481 e. The number of nitrogens with zero attached hydrogens (tertiary/aromatic N) is 1. The Hall–Kier alpha value is -1.59. The predicted octanol–water partition coefficient (Wildman–Crippen LogP) is 1.00. The normalized spacial score (nSPS) is 22.0. The monoisotopic (exact) mass is 296 g/mol. The Morgan fingerprint density at radius 2 is 1.62 bits per heavy atom. The number of hydrogen-bond acceptors (Lipinski definition) is 3. The highest BCUT2D eigenvalue weighted by molar-refractivity contribution is 5.88. The van der Waals surface area contributed by atoms with Crippen LogP contribution in [0.5, 0.6) is 0 Å². The van der Waals surface area contributed by atoms with Gasteiger partial charge in [0.25, 0.3) is 0 Å². The van der Waals surface area contributed by atoms with Crippen LogP contribution >= 0.6 is 0 Å². The molecule has 2 rings (SSSR count). The van der Waals surface area contributed by atoms with Gasteiger partial charge >= 0.3 is 5.97 Å². The summed E-state index contributed by atoms with van der Waals surface area (Å²) in [4.78, 5) is 36.9. The minimum atomic E-state index is -0.787. The summed E-state index contributed by atoms with van der Waals surface area (Å²) >= 11 is 0. The highest BCUT2D eigenvalue weighted by Crippen LogP contribution is 2.25. The van der Waals surface area contributed by atoms with Crippen LogP contribution in [0.25, 0.3) is 0 Å². The van der Waals surface area contributed by atoms with Crippen molar-refractivity contribution in [2.45, 2.75) is 51.5 Å². The highest BCUT2D eigenvalue weighted by Gasteiger charge is 2.31. The largest absolute Gasteiger partial charge is 0.481 e. The smallest absolute Gasteiger partial charge is 0.306 e. The zero-order valence-corrected chi connectivity index (χ0v) is 12.5. The van der Waals surface area contributed by atoms with E-state index in [9.17, 15) is 14.4 Å². The zero-order chi connectivity index (χ0) is 15.4. The van der Waals surface area contributed by atoms with Gasteiger partial charge in [-0.25, -0.2) is 0 Å². The maximum Gasteiger partial charge on any atom is 0.306 e. The first-order chi connectivity index (χ1) is 9.99. The molecule has 2 aliphatic rings. The van der Waals surface area contributed by atoms with Gasteiger partial charge in [-0.05, 0) is 32.6 Å². The van der Waals surface area contributed by atoms with E-state index < -0.39 is 12.0 Å². The second kappa shape index (κ2) is 6.91. The van der Waals surface area contributed by atoms with Crippen molar-refractivity contribution >= 4 is 17.8 Å². The van der Waals surface area contributed by atoms with E-state index in [0.717, 1.165) is 25.7 Å². The molecule has 118 valence electrons. The van der Waals surface area contributed by atoms with Gasteiger partial charge in [-0.3, -0.25) is 14.4 Å². The van der Waals surface area contributed by atoms with E-state index in [1.165, 1.54) is 0 Å². The first-order valence-corrected chi connectivity index (χ1v) is 7.81. The average Bonchev–Trinajstić information content (AvgIpc) is 3.00. The number of piperidine rings is 1. The van der Waals surface area contributed by atoms with Gasteiger partial charge in [0.15, 0.2) is 0 Å². The summed E-state index contributed by atoms with van der Waals surface area (Å²) in [6, 6.07) is -0.528.